The van der Waals surface area contributed by atoms with Crippen molar-refractivity contribution >= 4 is 28.9 Å². The van der Waals surface area contributed by atoms with Gasteiger partial charge < -0.3 is 14.6 Å². The third kappa shape index (κ3) is 11.5. The fourth-order valence-corrected chi connectivity index (χ4v) is 5.61. The highest BCUT2D eigenvalue weighted by atomic mass is 19.4. The largest absolute Gasteiger partial charge is 0.479 e. The van der Waals surface area contributed by atoms with Crippen LogP contribution in [0, 0.1) is 0 Å². The van der Waals surface area contributed by atoms with E-state index in [1.54, 1.807) is 24.3 Å². The van der Waals surface area contributed by atoms with E-state index in [9.17, 15) is 32.7 Å². The van der Waals surface area contributed by atoms with Gasteiger partial charge in [0.2, 0.25) is 6.10 Å². The molecule has 2 aromatic carbocycles. The van der Waals surface area contributed by atoms with E-state index >= 15 is 0 Å². The van der Waals surface area contributed by atoms with Crippen LogP contribution >= 0.6 is 0 Å². The molecule has 0 saturated carbocycles. The van der Waals surface area contributed by atoms with Gasteiger partial charge in [0.1, 0.15) is 5.78 Å². The van der Waals surface area contributed by atoms with E-state index in [0.717, 1.165) is 68.9 Å². The van der Waals surface area contributed by atoms with Crippen LogP contribution in [0.3, 0.4) is 0 Å². The van der Waals surface area contributed by atoms with Crippen molar-refractivity contribution in [2.45, 2.75) is 115 Å². The molecule has 3 rings (SSSR count). The summed E-state index contributed by atoms with van der Waals surface area (Å²) in [5, 5.41) is 10.3. The second-order valence-corrected chi connectivity index (χ2v) is 12.1. The summed E-state index contributed by atoms with van der Waals surface area (Å²) in [5.74, 6) is -2.92. The lowest BCUT2D eigenvalue weighted by Gasteiger charge is -2.32. The Labute approximate surface area is 276 Å². The number of carboxylic acids is 1. The number of ketones is 1. The van der Waals surface area contributed by atoms with Gasteiger partial charge in [0, 0.05) is 19.4 Å². The number of halogens is 3. The van der Waals surface area contributed by atoms with E-state index in [1.807, 2.05) is 37.3 Å². The average molecular weight is 657 g/mol. The molecule has 0 heterocycles. The molecule has 0 bridgehead atoms. The highest BCUT2D eigenvalue weighted by Gasteiger charge is 2.44. The maximum absolute atomic E-state index is 13.7. The number of carbonyl (C=O) groups is 3. The molecule has 9 heteroatoms. The molecule has 2 unspecified atom stereocenters. The Balaban J connectivity index is 1.80. The molecule has 6 nitrogen and oxygen atoms in total. The lowest BCUT2D eigenvalue weighted by atomic mass is 9.80. The number of carbonyl (C=O) groups excluding carboxylic acids is 2. The lowest BCUT2D eigenvalue weighted by molar-refractivity contribution is -0.206. The molecule has 0 saturated heterocycles. The maximum Gasteiger partial charge on any atom is 0.425 e. The summed E-state index contributed by atoms with van der Waals surface area (Å²) >= 11 is 0. The van der Waals surface area contributed by atoms with Crippen LogP contribution in [-0.4, -0.2) is 47.3 Å². The molecule has 0 radical (unpaired) electrons. The number of Topliss-reactive ketones (excluding diaryl/α,β-unsaturated/α-hetero) is 1. The first kappa shape index (κ1) is 37.7. The van der Waals surface area contributed by atoms with Crippen LogP contribution in [0.25, 0.3) is 11.1 Å². The number of carboxylic acid groups (broad SMARTS) is 1. The van der Waals surface area contributed by atoms with E-state index in [1.165, 1.54) is 12.1 Å². The summed E-state index contributed by atoms with van der Waals surface area (Å²) in [4.78, 5) is 37.7. The third-order valence-corrected chi connectivity index (χ3v) is 8.39. The van der Waals surface area contributed by atoms with Gasteiger partial charge in [-0.05, 0) is 53.3 Å². The van der Waals surface area contributed by atoms with E-state index in [-0.39, 0.29) is 25.0 Å². The number of alkyl halides is 3. The van der Waals surface area contributed by atoms with E-state index in [4.69, 9.17) is 9.47 Å². The fraction of sp³-hybridized carbons (Fsp3) is 0.500. The predicted octanol–water partition coefficient (Wildman–Crippen LogP) is 9.78. The number of hydrogen-bond acceptors (Lipinski definition) is 5. The number of hydrogen-bond donors (Lipinski definition) is 1. The van der Waals surface area contributed by atoms with Gasteiger partial charge in [-0.3, -0.25) is 4.79 Å². The molecule has 2 aromatic rings. The van der Waals surface area contributed by atoms with E-state index < -0.39 is 42.0 Å². The van der Waals surface area contributed by atoms with Crippen molar-refractivity contribution in [2.24, 2.45) is 0 Å². The zero-order valence-corrected chi connectivity index (χ0v) is 27.5. The van der Waals surface area contributed by atoms with Crippen molar-refractivity contribution in [3.8, 4) is 0 Å². The molecule has 1 aliphatic rings. The molecule has 2 atom stereocenters. The maximum atomic E-state index is 13.7. The summed E-state index contributed by atoms with van der Waals surface area (Å²) in [6, 6.07) is 15.2. The van der Waals surface area contributed by atoms with Crippen molar-refractivity contribution in [2.75, 3.05) is 6.61 Å². The summed E-state index contributed by atoms with van der Waals surface area (Å²) in [6.45, 7) is 4.42. The monoisotopic (exact) mass is 656 g/mol. The highest BCUT2D eigenvalue weighted by Crippen LogP contribution is 2.41. The number of aliphatic carboxylic acids is 1. The Hall–Kier alpha value is -3.72. The van der Waals surface area contributed by atoms with Crippen molar-refractivity contribution < 1.29 is 42.1 Å². The molecule has 0 spiro atoms. The van der Waals surface area contributed by atoms with Crippen molar-refractivity contribution in [1.29, 1.82) is 0 Å². The van der Waals surface area contributed by atoms with Crippen molar-refractivity contribution in [1.82, 2.24) is 0 Å². The van der Waals surface area contributed by atoms with Gasteiger partial charge in [-0.1, -0.05) is 114 Å². The first-order chi connectivity index (χ1) is 22.5. The Kier molecular flexibility index (Phi) is 14.9. The molecule has 256 valence electrons. The Morgan fingerprint density at radius 1 is 0.830 bits per heavy atom. The molecule has 0 aromatic heterocycles. The van der Waals surface area contributed by atoms with Crippen LogP contribution in [0.1, 0.15) is 119 Å². The topological polar surface area (TPSA) is 89.9 Å². The summed E-state index contributed by atoms with van der Waals surface area (Å²) in [7, 11) is 0. The summed E-state index contributed by atoms with van der Waals surface area (Å²) in [5.41, 5.74) is 1.16. The lowest BCUT2D eigenvalue weighted by Crippen LogP contribution is -2.41. The van der Waals surface area contributed by atoms with Gasteiger partial charge >= 0.3 is 18.1 Å². The molecule has 47 heavy (non-hydrogen) atoms. The average Bonchev–Trinajstić information content (AvgIpc) is 3.06. The Bertz CT molecular complexity index is 1360. The number of unbranched alkanes of at least 4 members (excludes halogenated alkanes) is 8. The zero-order valence-electron chi connectivity index (χ0n) is 27.5. The number of ether oxygens (including phenoxy) is 2. The standard InChI is InChI=1S/C38H47F3O6/c1-3-5-7-9-10-15-25-46-37(36(44)45)24-23-32(28-16-12-11-13-17-28)33(27-37)29-19-21-30(22-20-29)35(43)47-34(38(39,40)41)26-31(42)18-14-8-6-4-2/h11-13,16-17,19-24,34H,3-10,14-15,18,25-27H2,1-2H3,(H,44,45). The van der Waals surface area contributed by atoms with E-state index in [0.29, 0.717) is 17.6 Å². The first-order valence-corrected chi connectivity index (χ1v) is 16.8. The molecule has 0 amide bonds. The Morgan fingerprint density at radius 2 is 1.45 bits per heavy atom. The molecule has 0 fully saturated rings. The minimum Gasteiger partial charge on any atom is -0.479 e. The second-order valence-electron chi connectivity index (χ2n) is 12.1. The quantitative estimate of drug-likeness (QED) is 0.113. The number of benzene rings is 2. The van der Waals surface area contributed by atoms with Crippen LogP contribution in [0.5, 0.6) is 0 Å². The minimum absolute atomic E-state index is 0.00659. The van der Waals surface area contributed by atoms with Crippen LogP contribution in [0.4, 0.5) is 13.2 Å². The van der Waals surface area contributed by atoms with Gasteiger partial charge in [0.05, 0.1) is 12.0 Å². The molecule has 1 aliphatic carbocycles. The fourth-order valence-electron chi connectivity index (χ4n) is 5.61. The van der Waals surface area contributed by atoms with Gasteiger partial charge in [-0.25, -0.2) is 9.59 Å². The Morgan fingerprint density at radius 3 is 2.06 bits per heavy atom. The van der Waals surface area contributed by atoms with Crippen molar-refractivity contribution in [3.05, 3.63) is 83.4 Å². The minimum atomic E-state index is -4.89. The number of allylic oxidation sites excluding steroid dienone is 2. The number of rotatable bonds is 20. The summed E-state index contributed by atoms with van der Waals surface area (Å²) in [6.07, 6.45) is 4.22. The first-order valence-electron chi connectivity index (χ1n) is 16.8. The zero-order chi connectivity index (χ0) is 34.3. The van der Waals surface area contributed by atoms with Crippen molar-refractivity contribution in [3.63, 3.8) is 0 Å². The smallest absolute Gasteiger partial charge is 0.425 e. The molecular formula is C38H47F3O6. The number of esters is 1. The van der Waals surface area contributed by atoms with Crippen LogP contribution in [0.2, 0.25) is 0 Å². The van der Waals surface area contributed by atoms with Gasteiger partial charge in [-0.15, -0.1) is 0 Å². The van der Waals surface area contributed by atoms with Crippen LogP contribution < -0.4 is 0 Å². The molecule has 0 aliphatic heterocycles. The van der Waals surface area contributed by atoms with Gasteiger partial charge in [0.15, 0.2) is 5.60 Å². The molecular weight excluding hydrogens is 609 g/mol. The molecule has 1 N–H and O–H groups in total. The third-order valence-electron chi connectivity index (χ3n) is 8.39. The van der Waals surface area contributed by atoms with Crippen LogP contribution in [-0.2, 0) is 19.1 Å². The predicted molar refractivity (Wildman–Crippen MR) is 177 cm³/mol. The SMILES string of the molecule is CCCCCCCCOC1(C(=O)O)C=CC(c2ccccc2)=C(c2ccc(C(=O)OC(CC(=O)CCCCCC)C(F)(F)F)cc2)C1. The van der Waals surface area contributed by atoms with Gasteiger partial charge in [-0.2, -0.15) is 13.2 Å². The van der Waals surface area contributed by atoms with Gasteiger partial charge in [0.25, 0.3) is 0 Å². The van der Waals surface area contributed by atoms with Crippen LogP contribution in [0.15, 0.2) is 66.7 Å². The van der Waals surface area contributed by atoms with E-state index in [2.05, 4.69) is 6.92 Å². The summed E-state index contributed by atoms with van der Waals surface area (Å²) < 4.78 is 52.1. The normalized spacial score (nSPS) is 17.0. The highest BCUT2D eigenvalue weighted by molar-refractivity contribution is 6.01. The second kappa shape index (κ2) is 18.6.